The first-order valence-corrected chi connectivity index (χ1v) is 14.5. The molecule has 3 aromatic rings. The number of carbonyl (C=O) groups excluding carboxylic acids is 1. The highest BCUT2D eigenvalue weighted by Gasteiger charge is 2.65. The number of alkyl halides is 2. The summed E-state index contributed by atoms with van der Waals surface area (Å²) in [5.41, 5.74) is 3.31. The number of fused-ring (bicyclic) bond motifs is 1. The normalized spacial score (nSPS) is 26.2. The number of carbonyl (C=O) groups is 1. The number of nitrogens with one attached hydrogen (secondary N) is 1. The van der Waals surface area contributed by atoms with E-state index in [9.17, 15) is 14.5 Å². The van der Waals surface area contributed by atoms with Gasteiger partial charge in [-0.15, -0.1) is 0 Å². The molecule has 230 valence electrons. The molecular formula is C25H34F2N7O7P. The largest absolute Gasteiger partial charge is 0.462 e. The van der Waals surface area contributed by atoms with Crippen LogP contribution in [0.4, 0.5) is 20.5 Å². The van der Waals surface area contributed by atoms with E-state index in [2.05, 4.69) is 20.0 Å². The van der Waals surface area contributed by atoms with E-state index in [0.717, 1.165) is 17.8 Å². The van der Waals surface area contributed by atoms with Crippen LogP contribution in [0.3, 0.4) is 0 Å². The minimum atomic E-state index is -4.57. The molecule has 17 heteroatoms. The number of rotatable bonds is 11. The minimum absolute atomic E-state index is 0.0229. The second-order valence-corrected chi connectivity index (χ2v) is 12.1. The number of anilines is 2. The predicted molar refractivity (Wildman–Crippen MR) is 148 cm³/mol. The number of hydrogen-bond donors (Lipinski definition) is 3. The highest BCUT2D eigenvalue weighted by atomic mass is 31.2. The lowest BCUT2D eigenvalue weighted by molar-refractivity contribution is -0.202. The van der Waals surface area contributed by atoms with Crippen LogP contribution in [0.2, 0.25) is 0 Å². The van der Waals surface area contributed by atoms with Crippen molar-refractivity contribution in [2.45, 2.75) is 63.7 Å². The molecule has 6 atom stereocenters. The third-order valence-electron chi connectivity index (χ3n) is 6.29. The highest BCUT2D eigenvalue weighted by Crippen LogP contribution is 2.52. The van der Waals surface area contributed by atoms with Gasteiger partial charge in [0.15, 0.2) is 35.0 Å². The van der Waals surface area contributed by atoms with Crippen LogP contribution >= 0.6 is 7.75 Å². The van der Waals surface area contributed by atoms with Crippen LogP contribution in [0.15, 0.2) is 36.7 Å². The zero-order valence-corrected chi connectivity index (χ0v) is 24.8. The van der Waals surface area contributed by atoms with E-state index in [4.69, 9.17) is 24.3 Å². The van der Waals surface area contributed by atoms with Crippen molar-refractivity contribution in [1.29, 1.82) is 0 Å². The first-order valence-electron chi connectivity index (χ1n) is 12.9. The van der Waals surface area contributed by atoms with Gasteiger partial charge in [-0.05, 0) is 39.8 Å². The fraction of sp³-hybridized carbons (Fsp3) is 0.520. The number of nitrogens with two attached hydrogens (primary N) is 1. The van der Waals surface area contributed by atoms with Crippen molar-refractivity contribution in [2.24, 2.45) is 0 Å². The third kappa shape index (κ3) is 6.32. The number of nitrogen functional groups attached to an aromatic ring is 1. The average Bonchev–Trinajstić information content (AvgIpc) is 3.39. The molecule has 0 bridgehead atoms. The molecule has 1 saturated heterocycles. The molecule has 4 N–H and O–H groups in total. The molecule has 3 heterocycles. The van der Waals surface area contributed by atoms with Crippen molar-refractivity contribution in [2.75, 3.05) is 31.3 Å². The fourth-order valence-electron chi connectivity index (χ4n) is 4.27. The number of aromatic nitrogens is 4. The molecule has 0 saturated carbocycles. The summed E-state index contributed by atoms with van der Waals surface area (Å²) in [6, 6.07) is 6.53. The number of aliphatic hydroxyl groups is 1. The van der Waals surface area contributed by atoms with Gasteiger partial charge in [-0.3, -0.25) is 13.9 Å². The summed E-state index contributed by atoms with van der Waals surface area (Å²) in [4.78, 5) is 26.4. The van der Waals surface area contributed by atoms with Crippen molar-refractivity contribution < 1.29 is 41.8 Å². The van der Waals surface area contributed by atoms with Crippen molar-refractivity contribution >= 4 is 36.6 Å². The van der Waals surface area contributed by atoms with E-state index in [1.165, 1.54) is 19.1 Å². The van der Waals surface area contributed by atoms with Crippen LogP contribution in [-0.2, 0) is 23.4 Å². The van der Waals surface area contributed by atoms with Gasteiger partial charge in [0.2, 0.25) is 5.95 Å². The van der Waals surface area contributed by atoms with Crippen molar-refractivity contribution in [1.82, 2.24) is 24.6 Å². The topological polar surface area (TPSA) is 176 Å². The number of ether oxygens (including phenoxy) is 2. The summed E-state index contributed by atoms with van der Waals surface area (Å²) in [5.74, 6) is -3.80. The second-order valence-electron chi connectivity index (χ2n) is 10.4. The van der Waals surface area contributed by atoms with E-state index in [1.54, 1.807) is 51.0 Å². The second kappa shape index (κ2) is 11.7. The SMILES string of the molecule is CC(C)OC(=O)[C@@H](C)N[P@](=O)(OC[C@@]1(F)O[C@@H](n2cnc3c(N(C)C)nc(N)nc32)[C@](C)(F)[C@@H]1O)Oc1ccccc1. The third-order valence-corrected chi connectivity index (χ3v) is 7.91. The molecule has 0 unspecified atom stereocenters. The molecule has 4 rings (SSSR count). The molecule has 42 heavy (non-hydrogen) atoms. The van der Waals surface area contributed by atoms with Gasteiger partial charge in [0.05, 0.1) is 12.4 Å². The summed E-state index contributed by atoms with van der Waals surface area (Å²) in [5, 5.41) is 13.2. The monoisotopic (exact) mass is 613 g/mol. The lowest BCUT2D eigenvalue weighted by atomic mass is 9.97. The van der Waals surface area contributed by atoms with Gasteiger partial charge in [0.25, 0.3) is 5.85 Å². The van der Waals surface area contributed by atoms with E-state index < -0.39 is 56.3 Å². The number of aliphatic hydroxyl groups excluding tert-OH is 1. The molecule has 1 aromatic carbocycles. The average molecular weight is 614 g/mol. The van der Waals surface area contributed by atoms with E-state index in [-0.39, 0.29) is 22.9 Å². The Kier molecular flexibility index (Phi) is 8.77. The van der Waals surface area contributed by atoms with Crippen molar-refractivity contribution in [3.63, 3.8) is 0 Å². The number of imidazole rings is 1. The highest BCUT2D eigenvalue weighted by molar-refractivity contribution is 7.52. The van der Waals surface area contributed by atoms with E-state index >= 15 is 8.78 Å². The number of hydrogen-bond acceptors (Lipinski definition) is 12. The summed E-state index contributed by atoms with van der Waals surface area (Å²) >= 11 is 0. The van der Waals surface area contributed by atoms with Gasteiger partial charge in [0, 0.05) is 14.1 Å². The number of para-hydroxylation sites is 1. The Morgan fingerprint density at radius 3 is 2.55 bits per heavy atom. The summed E-state index contributed by atoms with van der Waals surface area (Å²) < 4.78 is 68.5. The minimum Gasteiger partial charge on any atom is -0.462 e. The summed E-state index contributed by atoms with van der Waals surface area (Å²) in [6.07, 6.45) is -3.56. The lowest BCUT2D eigenvalue weighted by Gasteiger charge is -2.28. The standard InChI is InChI=1S/C25H34F2N7O7P/c1-14(2)39-20(35)15(3)32-42(37,41-16-10-8-7-9-11-16)38-12-25(27)21(36)24(4,26)22(40-25)34-13-29-17-18(33(5)6)30-23(28)31-19(17)34/h7-11,13-15,21-22,36H,12H2,1-6H3,(H,32,37)(H2,28,30,31)/t15-,21+,22-,24-,25-,42+/m1/s1. The van der Waals surface area contributed by atoms with Crippen molar-refractivity contribution in [3.05, 3.63) is 36.7 Å². The Morgan fingerprint density at radius 2 is 1.93 bits per heavy atom. The van der Waals surface area contributed by atoms with Crippen LogP contribution in [0, 0.1) is 0 Å². The maximum Gasteiger partial charge on any atom is 0.459 e. The molecule has 0 radical (unpaired) electrons. The number of nitrogens with zero attached hydrogens (tertiary/aromatic N) is 5. The Hall–Kier alpha value is -3.43. The molecule has 1 aliphatic rings. The molecule has 1 fully saturated rings. The number of esters is 1. The van der Waals surface area contributed by atoms with Gasteiger partial charge in [-0.25, -0.2) is 18.3 Å². The first-order chi connectivity index (χ1) is 19.6. The molecule has 0 aliphatic carbocycles. The lowest BCUT2D eigenvalue weighted by Crippen LogP contribution is -2.47. The van der Waals surface area contributed by atoms with Gasteiger partial charge in [-0.2, -0.15) is 15.1 Å². The Balaban J connectivity index is 1.62. The quantitative estimate of drug-likeness (QED) is 0.213. The molecule has 2 aromatic heterocycles. The van der Waals surface area contributed by atoms with Gasteiger partial charge < -0.3 is 29.7 Å². The van der Waals surface area contributed by atoms with Crippen LogP contribution in [0.25, 0.3) is 11.2 Å². The van der Waals surface area contributed by atoms with Crippen molar-refractivity contribution in [3.8, 4) is 5.75 Å². The number of halogens is 2. The van der Waals surface area contributed by atoms with E-state index in [1.807, 2.05) is 0 Å². The van der Waals surface area contributed by atoms with Gasteiger partial charge >= 0.3 is 13.7 Å². The summed E-state index contributed by atoms with van der Waals surface area (Å²) in [7, 11) is -1.19. The zero-order valence-electron chi connectivity index (χ0n) is 23.9. The first kappa shape index (κ1) is 31.5. The predicted octanol–water partition coefficient (Wildman–Crippen LogP) is 2.89. The van der Waals surface area contributed by atoms with Crippen LogP contribution < -0.4 is 20.2 Å². The molecule has 0 amide bonds. The molecule has 0 spiro atoms. The Bertz CT molecular complexity index is 1480. The Morgan fingerprint density at radius 1 is 1.26 bits per heavy atom. The fourth-order valence-corrected chi connectivity index (χ4v) is 5.78. The Labute approximate surface area is 240 Å². The number of benzene rings is 1. The van der Waals surface area contributed by atoms with Gasteiger partial charge in [0.1, 0.15) is 18.4 Å². The molecule has 1 aliphatic heterocycles. The smallest absolute Gasteiger partial charge is 0.459 e. The maximum absolute atomic E-state index is 16.2. The van der Waals surface area contributed by atoms with Crippen LogP contribution in [-0.4, -0.2) is 81.1 Å². The van der Waals surface area contributed by atoms with Crippen LogP contribution in [0.5, 0.6) is 5.75 Å². The van der Waals surface area contributed by atoms with Crippen LogP contribution in [0.1, 0.15) is 33.9 Å². The summed E-state index contributed by atoms with van der Waals surface area (Å²) in [6.45, 7) is 4.26. The maximum atomic E-state index is 16.2. The van der Waals surface area contributed by atoms with E-state index in [0.29, 0.717) is 5.82 Å². The molecular weight excluding hydrogens is 579 g/mol. The van der Waals surface area contributed by atoms with Gasteiger partial charge in [-0.1, -0.05) is 18.2 Å². The molecule has 14 nitrogen and oxygen atoms in total. The zero-order chi connectivity index (χ0) is 31.0.